The highest BCUT2D eigenvalue weighted by molar-refractivity contribution is 6.01. The molecule has 2 rings (SSSR count). The summed E-state index contributed by atoms with van der Waals surface area (Å²) in [6.45, 7) is 3.29. The number of nitrogens with zero attached hydrogens (tertiary/aromatic N) is 2. The highest BCUT2D eigenvalue weighted by Gasteiger charge is 2.33. The maximum Gasteiger partial charge on any atom is 0.347 e. The van der Waals surface area contributed by atoms with Crippen LogP contribution in [-0.2, 0) is 19.2 Å². The van der Waals surface area contributed by atoms with E-state index in [-0.39, 0.29) is 19.4 Å². The number of carbonyl (C=O) groups is 3. The van der Waals surface area contributed by atoms with Gasteiger partial charge in [0, 0.05) is 39.0 Å². The van der Waals surface area contributed by atoms with Gasteiger partial charge in [-0.25, -0.2) is 4.79 Å². The van der Waals surface area contributed by atoms with Gasteiger partial charge in [0.1, 0.15) is 0 Å². The molecule has 0 unspecified atom stereocenters. The van der Waals surface area contributed by atoms with Crippen molar-refractivity contribution in [1.29, 1.82) is 0 Å². The number of hydrogen-bond donors (Lipinski definition) is 1. The molecule has 2 aliphatic heterocycles. The maximum absolute atomic E-state index is 11.5. The Kier molecular flexibility index (Phi) is 3.70. The molecule has 0 aliphatic carbocycles. The van der Waals surface area contributed by atoms with Crippen LogP contribution in [0.2, 0.25) is 0 Å². The normalized spacial score (nSPS) is 22.0. The lowest BCUT2D eigenvalue weighted by Crippen LogP contribution is -2.46. The number of nitrogens with one attached hydrogen (secondary N) is 1. The summed E-state index contributed by atoms with van der Waals surface area (Å²) in [5.41, 5.74) is 0. The van der Waals surface area contributed by atoms with Gasteiger partial charge in [0.2, 0.25) is 0 Å². The molecule has 1 N–H and O–H groups in total. The Hall–Kier alpha value is -1.47. The molecule has 0 atom stereocenters. The summed E-state index contributed by atoms with van der Waals surface area (Å²) in [4.78, 5) is 40.7. The molecule has 2 heterocycles. The lowest BCUT2D eigenvalue weighted by atomic mass is 10.3. The Labute approximate surface area is 98.6 Å². The molecular weight excluding hydrogens is 226 g/mol. The quantitative estimate of drug-likeness (QED) is 0.606. The molecule has 0 aromatic carbocycles. The molecule has 0 bridgehead atoms. The first kappa shape index (κ1) is 12.0. The summed E-state index contributed by atoms with van der Waals surface area (Å²) >= 11 is 0. The molecule has 0 aromatic heterocycles. The topological polar surface area (TPSA) is 79.0 Å². The van der Waals surface area contributed by atoms with Gasteiger partial charge in [-0.3, -0.25) is 14.5 Å². The van der Waals surface area contributed by atoms with Crippen LogP contribution in [0.5, 0.6) is 0 Å². The average Bonchev–Trinajstić information content (AvgIpc) is 2.62. The van der Waals surface area contributed by atoms with E-state index in [1.807, 2.05) is 4.90 Å². The van der Waals surface area contributed by atoms with Crippen molar-refractivity contribution in [3.8, 4) is 0 Å². The molecule has 0 radical (unpaired) electrons. The van der Waals surface area contributed by atoms with Crippen LogP contribution in [0.1, 0.15) is 12.8 Å². The summed E-state index contributed by atoms with van der Waals surface area (Å²) < 4.78 is 0. The van der Waals surface area contributed by atoms with E-state index in [0.717, 1.165) is 26.2 Å². The molecule has 0 spiro atoms. The van der Waals surface area contributed by atoms with Crippen molar-refractivity contribution >= 4 is 17.8 Å². The highest BCUT2D eigenvalue weighted by Crippen LogP contribution is 2.12. The van der Waals surface area contributed by atoms with E-state index in [0.29, 0.717) is 5.06 Å². The summed E-state index contributed by atoms with van der Waals surface area (Å²) in [6, 6.07) is 0. The molecule has 0 aromatic rings. The van der Waals surface area contributed by atoms with Crippen LogP contribution in [0.15, 0.2) is 0 Å². The fourth-order valence-electron chi connectivity index (χ4n) is 1.84. The van der Waals surface area contributed by atoms with E-state index in [4.69, 9.17) is 4.84 Å². The summed E-state index contributed by atoms with van der Waals surface area (Å²) in [5.74, 6) is -1.44. The van der Waals surface area contributed by atoms with Gasteiger partial charge >= 0.3 is 5.97 Å². The number of carbonyl (C=O) groups excluding carboxylic acids is 3. The molecule has 2 saturated heterocycles. The van der Waals surface area contributed by atoms with Crippen LogP contribution >= 0.6 is 0 Å². The Balaban J connectivity index is 1.80. The fraction of sp³-hybridized carbons (Fsp3) is 0.700. The second-order valence-electron chi connectivity index (χ2n) is 4.07. The Morgan fingerprint density at radius 1 is 1.18 bits per heavy atom. The van der Waals surface area contributed by atoms with E-state index in [9.17, 15) is 14.4 Å². The smallest absolute Gasteiger partial charge is 0.329 e. The van der Waals surface area contributed by atoms with Gasteiger partial charge in [0.25, 0.3) is 11.8 Å². The van der Waals surface area contributed by atoms with E-state index in [1.54, 1.807) is 0 Å². The minimum atomic E-state index is -0.560. The number of hydrogen-bond acceptors (Lipinski definition) is 6. The van der Waals surface area contributed by atoms with Crippen LogP contribution < -0.4 is 5.32 Å². The number of rotatable bonds is 3. The first-order valence-electron chi connectivity index (χ1n) is 5.66. The van der Waals surface area contributed by atoms with Crippen LogP contribution in [0.4, 0.5) is 0 Å². The molecule has 2 amide bonds. The van der Waals surface area contributed by atoms with Crippen LogP contribution in [0.3, 0.4) is 0 Å². The second kappa shape index (κ2) is 5.24. The van der Waals surface area contributed by atoms with Crippen molar-refractivity contribution in [2.45, 2.75) is 12.8 Å². The number of amides is 2. The highest BCUT2D eigenvalue weighted by atomic mass is 16.7. The van der Waals surface area contributed by atoms with Crippen molar-refractivity contribution in [3.63, 3.8) is 0 Å². The molecule has 2 fully saturated rings. The SMILES string of the molecule is O=C(CN1CCNCC1)ON1C(=O)CCC1=O. The van der Waals surface area contributed by atoms with Crippen LogP contribution in [-0.4, -0.2) is 60.5 Å². The lowest BCUT2D eigenvalue weighted by molar-refractivity contribution is -0.198. The Bertz CT molecular complexity index is 322. The first-order chi connectivity index (χ1) is 8.16. The van der Waals surface area contributed by atoms with Crippen molar-refractivity contribution in [2.24, 2.45) is 0 Å². The summed E-state index contributed by atoms with van der Waals surface area (Å²) in [6.07, 6.45) is 0.249. The summed E-state index contributed by atoms with van der Waals surface area (Å²) in [7, 11) is 0. The van der Waals surface area contributed by atoms with Gasteiger partial charge in [0.15, 0.2) is 0 Å². The number of hydroxylamine groups is 2. The van der Waals surface area contributed by atoms with E-state index in [1.165, 1.54) is 0 Å². The minimum Gasteiger partial charge on any atom is -0.329 e. The standard InChI is InChI=1S/C10H15N3O4/c14-8-1-2-9(15)13(8)17-10(16)7-12-5-3-11-4-6-12/h11H,1-7H2. The Morgan fingerprint density at radius 3 is 2.35 bits per heavy atom. The lowest BCUT2D eigenvalue weighted by Gasteiger charge is -2.26. The van der Waals surface area contributed by atoms with E-state index < -0.39 is 17.8 Å². The third-order valence-electron chi connectivity index (χ3n) is 2.76. The molecular formula is C10H15N3O4. The zero-order valence-corrected chi connectivity index (χ0v) is 9.48. The zero-order valence-electron chi connectivity index (χ0n) is 9.48. The van der Waals surface area contributed by atoms with Crippen molar-refractivity contribution in [1.82, 2.24) is 15.3 Å². The number of imide groups is 1. The molecule has 94 valence electrons. The van der Waals surface area contributed by atoms with Gasteiger partial charge in [-0.15, -0.1) is 5.06 Å². The molecule has 0 saturated carbocycles. The molecule has 7 heteroatoms. The molecule has 17 heavy (non-hydrogen) atoms. The largest absolute Gasteiger partial charge is 0.347 e. The maximum atomic E-state index is 11.5. The molecule has 2 aliphatic rings. The minimum absolute atomic E-state index is 0.110. The van der Waals surface area contributed by atoms with Gasteiger partial charge < -0.3 is 10.2 Å². The van der Waals surface area contributed by atoms with Crippen molar-refractivity contribution < 1.29 is 19.2 Å². The second-order valence-corrected chi connectivity index (χ2v) is 4.07. The predicted octanol–water partition coefficient (Wildman–Crippen LogP) is -1.50. The third-order valence-corrected chi connectivity index (χ3v) is 2.76. The monoisotopic (exact) mass is 241 g/mol. The van der Waals surface area contributed by atoms with Crippen molar-refractivity contribution in [3.05, 3.63) is 0 Å². The third kappa shape index (κ3) is 3.01. The first-order valence-corrected chi connectivity index (χ1v) is 5.66. The number of piperazine rings is 1. The van der Waals surface area contributed by atoms with E-state index >= 15 is 0 Å². The zero-order chi connectivity index (χ0) is 12.3. The van der Waals surface area contributed by atoms with Gasteiger partial charge in [-0.2, -0.15) is 0 Å². The van der Waals surface area contributed by atoms with Crippen molar-refractivity contribution in [2.75, 3.05) is 32.7 Å². The van der Waals surface area contributed by atoms with Gasteiger partial charge in [-0.05, 0) is 0 Å². The molecule has 7 nitrogen and oxygen atoms in total. The van der Waals surface area contributed by atoms with Crippen LogP contribution in [0.25, 0.3) is 0 Å². The Morgan fingerprint density at radius 2 is 1.76 bits per heavy atom. The van der Waals surface area contributed by atoms with Gasteiger partial charge in [-0.1, -0.05) is 0 Å². The fourth-order valence-corrected chi connectivity index (χ4v) is 1.84. The van der Waals surface area contributed by atoms with E-state index in [2.05, 4.69) is 5.32 Å². The summed E-state index contributed by atoms with van der Waals surface area (Å²) in [5, 5.41) is 3.75. The van der Waals surface area contributed by atoms with Crippen LogP contribution in [0, 0.1) is 0 Å². The van der Waals surface area contributed by atoms with Gasteiger partial charge in [0.05, 0.1) is 6.54 Å². The predicted molar refractivity (Wildman–Crippen MR) is 56.5 cm³/mol. The average molecular weight is 241 g/mol.